The fourth-order valence-corrected chi connectivity index (χ4v) is 6.10. The summed E-state index contributed by atoms with van der Waals surface area (Å²) < 4.78 is 44.5. The molecular formula is C30H32F3N3O4. The van der Waals surface area contributed by atoms with Gasteiger partial charge < -0.3 is 9.84 Å². The number of ether oxygens (including phenoxy) is 1. The van der Waals surface area contributed by atoms with Crippen molar-refractivity contribution in [3.63, 3.8) is 0 Å². The van der Waals surface area contributed by atoms with Crippen LogP contribution in [-0.4, -0.2) is 53.6 Å². The van der Waals surface area contributed by atoms with Crippen molar-refractivity contribution < 1.29 is 32.6 Å². The third kappa shape index (κ3) is 5.35. The Morgan fingerprint density at radius 2 is 1.90 bits per heavy atom. The second-order valence-corrected chi connectivity index (χ2v) is 11.2. The molecule has 7 nitrogen and oxygen atoms in total. The molecule has 0 radical (unpaired) electrons. The average molecular weight is 556 g/mol. The number of methoxy groups -OCH3 is 1. The van der Waals surface area contributed by atoms with Crippen molar-refractivity contribution in [3.8, 4) is 0 Å². The van der Waals surface area contributed by atoms with Crippen molar-refractivity contribution in [1.29, 1.82) is 0 Å². The number of carbonyl (C=O) groups is 2. The highest BCUT2D eigenvalue weighted by atomic mass is 19.4. The zero-order valence-corrected chi connectivity index (χ0v) is 22.4. The molecule has 2 aromatic carbocycles. The van der Waals surface area contributed by atoms with Gasteiger partial charge in [0.25, 0.3) is 0 Å². The molecule has 0 aliphatic carbocycles. The standard InChI is InChI=1S/C30H32F3N3O4/c1-28(18-40-2)17-36(16-19-3-5-22(6-4-19)30(31,32)33)12-11-29(28,39)23-7-9-25-20(14-23)13-21(15-34-25)24-8-10-26(37)35-27(24)38/h3-7,9,13-15,24,39H,8,10-12,16-18H2,1-2H3,(H,35,37,38)/t24-,28+,29-/m0/s1. The molecule has 3 atom stereocenters. The minimum absolute atomic E-state index is 0.264. The molecule has 40 heavy (non-hydrogen) atoms. The molecule has 3 heterocycles. The number of rotatable bonds is 6. The molecule has 0 spiro atoms. The molecule has 2 amide bonds. The number of nitrogens with one attached hydrogen (secondary N) is 1. The summed E-state index contributed by atoms with van der Waals surface area (Å²) in [6.07, 6.45) is -1.64. The number of likely N-dealkylation sites (tertiary alicyclic amines) is 1. The van der Waals surface area contributed by atoms with Crippen molar-refractivity contribution >= 4 is 22.7 Å². The monoisotopic (exact) mass is 555 g/mol. The number of fused-ring (bicyclic) bond motifs is 1. The maximum atomic E-state index is 13.0. The third-order valence-corrected chi connectivity index (χ3v) is 8.33. The number of pyridine rings is 1. The van der Waals surface area contributed by atoms with Gasteiger partial charge in [-0.3, -0.25) is 24.8 Å². The molecule has 212 valence electrons. The summed E-state index contributed by atoms with van der Waals surface area (Å²) in [5.41, 5.74) is 0.239. The van der Waals surface area contributed by atoms with Crippen molar-refractivity contribution in [3.05, 3.63) is 77.0 Å². The molecule has 2 N–H and O–H groups in total. The normalized spacial score (nSPS) is 26.2. The maximum absolute atomic E-state index is 13.0. The van der Waals surface area contributed by atoms with Crippen LogP contribution in [0.25, 0.3) is 10.9 Å². The van der Waals surface area contributed by atoms with Crippen molar-refractivity contribution in [2.75, 3.05) is 26.8 Å². The van der Waals surface area contributed by atoms with Crippen molar-refractivity contribution in [2.45, 2.75) is 50.4 Å². The van der Waals surface area contributed by atoms with Crippen LogP contribution in [0.1, 0.15) is 54.4 Å². The highest BCUT2D eigenvalue weighted by molar-refractivity contribution is 6.01. The van der Waals surface area contributed by atoms with Gasteiger partial charge in [0.15, 0.2) is 0 Å². The van der Waals surface area contributed by atoms with Crippen molar-refractivity contribution in [2.24, 2.45) is 5.41 Å². The lowest BCUT2D eigenvalue weighted by Crippen LogP contribution is -2.58. The van der Waals surface area contributed by atoms with E-state index in [1.807, 2.05) is 31.2 Å². The number of amides is 2. The fourth-order valence-electron chi connectivity index (χ4n) is 6.10. The van der Waals surface area contributed by atoms with E-state index in [0.29, 0.717) is 43.6 Å². The molecule has 2 fully saturated rings. The van der Waals surface area contributed by atoms with Crippen LogP contribution >= 0.6 is 0 Å². The lowest BCUT2D eigenvalue weighted by Gasteiger charge is -2.52. The van der Waals surface area contributed by atoms with Gasteiger partial charge in [-0.2, -0.15) is 13.2 Å². The SMILES string of the molecule is COC[C@@]1(C)CN(Cc2ccc(C(F)(F)F)cc2)CC[C@]1(O)c1ccc2ncc([C@@H]3CCC(=O)NC3=O)cc2c1. The Morgan fingerprint density at radius 3 is 2.58 bits per heavy atom. The van der Waals surface area contributed by atoms with Gasteiger partial charge in [0.05, 0.1) is 29.2 Å². The molecule has 0 saturated carbocycles. The van der Waals surface area contributed by atoms with Gasteiger partial charge in [0.1, 0.15) is 0 Å². The number of carbonyl (C=O) groups excluding carboxylic acids is 2. The van der Waals surface area contributed by atoms with Gasteiger partial charge in [0.2, 0.25) is 11.8 Å². The van der Waals surface area contributed by atoms with Gasteiger partial charge >= 0.3 is 6.18 Å². The highest BCUT2D eigenvalue weighted by Crippen LogP contribution is 2.47. The smallest absolute Gasteiger partial charge is 0.384 e. The third-order valence-electron chi connectivity index (χ3n) is 8.33. The zero-order chi connectivity index (χ0) is 28.7. The van der Waals surface area contributed by atoms with E-state index >= 15 is 0 Å². The van der Waals surface area contributed by atoms with E-state index in [1.165, 1.54) is 12.1 Å². The van der Waals surface area contributed by atoms with E-state index in [9.17, 15) is 27.9 Å². The molecule has 3 aromatic rings. The first-order chi connectivity index (χ1) is 18.9. The van der Waals surface area contributed by atoms with Crippen LogP contribution in [0.5, 0.6) is 0 Å². The lowest BCUT2D eigenvalue weighted by atomic mass is 9.65. The number of aromatic nitrogens is 1. The summed E-state index contributed by atoms with van der Waals surface area (Å²) in [7, 11) is 1.58. The molecular weight excluding hydrogens is 523 g/mol. The van der Waals surface area contributed by atoms with E-state index in [-0.39, 0.29) is 24.8 Å². The minimum atomic E-state index is -4.38. The summed E-state index contributed by atoms with van der Waals surface area (Å²) in [6, 6.07) is 12.7. The van der Waals surface area contributed by atoms with Gasteiger partial charge in [-0.15, -0.1) is 0 Å². The molecule has 2 saturated heterocycles. The molecule has 0 bridgehead atoms. The summed E-state index contributed by atoms with van der Waals surface area (Å²) in [4.78, 5) is 30.6. The van der Waals surface area contributed by atoms with Crippen LogP contribution in [0.15, 0.2) is 54.7 Å². The Hall–Kier alpha value is -3.34. The van der Waals surface area contributed by atoms with E-state index in [1.54, 1.807) is 13.3 Å². The summed E-state index contributed by atoms with van der Waals surface area (Å²) in [5, 5.41) is 15.4. The number of benzene rings is 2. The summed E-state index contributed by atoms with van der Waals surface area (Å²) in [6.45, 7) is 3.66. The van der Waals surface area contributed by atoms with Crippen molar-refractivity contribution in [1.82, 2.24) is 15.2 Å². The van der Waals surface area contributed by atoms with Gasteiger partial charge in [-0.05, 0) is 59.9 Å². The number of aliphatic hydroxyl groups is 1. The van der Waals surface area contributed by atoms with Gasteiger partial charge in [-0.25, -0.2) is 0 Å². The topological polar surface area (TPSA) is 91.8 Å². The number of hydrogen-bond acceptors (Lipinski definition) is 6. The summed E-state index contributed by atoms with van der Waals surface area (Å²) in [5.74, 6) is -1.07. The number of hydrogen-bond donors (Lipinski definition) is 2. The Labute approximate surface area is 230 Å². The van der Waals surface area contributed by atoms with Gasteiger partial charge in [-0.1, -0.05) is 25.1 Å². The first-order valence-electron chi connectivity index (χ1n) is 13.3. The number of nitrogens with zero attached hydrogens (tertiary/aromatic N) is 2. The van der Waals surface area contributed by atoms with Crippen LogP contribution in [0.2, 0.25) is 0 Å². The number of imide groups is 1. The second-order valence-electron chi connectivity index (χ2n) is 11.2. The quantitative estimate of drug-likeness (QED) is 0.435. The number of piperidine rings is 2. The van der Waals surface area contributed by atoms with E-state index in [2.05, 4.69) is 15.2 Å². The minimum Gasteiger partial charge on any atom is -0.384 e. The van der Waals surface area contributed by atoms with E-state index < -0.39 is 28.7 Å². The predicted octanol–water partition coefficient (Wildman–Crippen LogP) is 4.52. The van der Waals surface area contributed by atoms with E-state index in [0.717, 1.165) is 28.6 Å². The first kappa shape index (κ1) is 28.2. The Balaban J connectivity index is 1.40. The summed E-state index contributed by atoms with van der Waals surface area (Å²) >= 11 is 0. The zero-order valence-electron chi connectivity index (χ0n) is 22.4. The number of halogens is 3. The molecule has 2 aliphatic rings. The predicted molar refractivity (Wildman–Crippen MR) is 142 cm³/mol. The molecule has 10 heteroatoms. The largest absolute Gasteiger partial charge is 0.416 e. The van der Waals surface area contributed by atoms with Gasteiger partial charge in [0, 0.05) is 50.2 Å². The number of alkyl halides is 3. The van der Waals surface area contributed by atoms with Crippen LogP contribution in [0.3, 0.4) is 0 Å². The van der Waals surface area contributed by atoms with Crippen LogP contribution in [0.4, 0.5) is 13.2 Å². The lowest BCUT2D eigenvalue weighted by molar-refractivity contribution is -0.158. The molecule has 5 rings (SSSR count). The Kier molecular flexibility index (Phi) is 7.45. The average Bonchev–Trinajstić information content (AvgIpc) is 2.90. The molecule has 2 aliphatic heterocycles. The second kappa shape index (κ2) is 10.6. The highest BCUT2D eigenvalue weighted by Gasteiger charge is 2.52. The van der Waals surface area contributed by atoms with Crippen LogP contribution < -0.4 is 5.32 Å². The van der Waals surface area contributed by atoms with Crippen LogP contribution in [0, 0.1) is 5.41 Å². The first-order valence-corrected chi connectivity index (χ1v) is 13.3. The van der Waals surface area contributed by atoms with Crippen LogP contribution in [-0.2, 0) is 32.6 Å². The Morgan fingerprint density at radius 1 is 1.15 bits per heavy atom. The van der Waals surface area contributed by atoms with E-state index in [4.69, 9.17) is 4.74 Å². The Bertz CT molecular complexity index is 1430. The maximum Gasteiger partial charge on any atom is 0.416 e. The fraction of sp³-hybridized carbons (Fsp3) is 0.433. The molecule has 0 unspecified atom stereocenters. The molecule has 1 aromatic heterocycles.